The van der Waals surface area contributed by atoms with E-state index in [4.69, 9.17) is 5.73 Å². The van der Waals surface area contributed by atoms with E-state index in [0.717, 1.165) is 12.8 Å². The zero-order valence-corrected chi connectivity index (χ0v) is 12.2. The van der Waals surface area contributed by atoms with Crippen LogP contribution >= 0.6 is 0 Å². The number of nitrogens with zero attached hydrogens (tertiary/aromatic N) is 3. The van der Waals surface area contributed by atoms with Crippen molar-refractivity contribution in [3.63, 3.8) is 0 Å². The highest BCUT2D eigenvalue weighted by molar-refractivity contribution is 5.96. The average Bonchev–Trinajstić information content (AvgIpc) is 2.74. The van der Waals surface area contributed by atoms with Crippen LogP contribution in [-0.2, 0) is 0 Å². The van der Waals surface area contributed by atoms with Crippen molar-refractivity contribution in [3.05, 3.63) is 5.69 Å². The number of aromatic nitrogens is 2. The number of rotatable bonds is 7. The number of hydrogen-bond acceptors (Lipinski definition) is 5. The van der Waals surface area contributed by atoms with Gasteiger partial charge in [-0.25, -0.2) is 4.63 Å². The molecule has 0 fully saturated rings. The van der Waals surface area contributed by atoms with Crippen LogP contribution in [0, 0.1) is 11.8 Å². The van der Waals surface area contributed by atoms with Gasteiger partial charge in [0, 0.05) is 13.1 Å². The highest BCUT2D eigenvalue weighted by Crippen LogP contribution is 2.13. The van der Waals surface area contributed by atoms with Crippen LogP contribution < -0.4 is 5.73 Å². The topological polar surface area (TPSA) is 85.2 Å². The number of nitrogens with two attached hydrogens (primary N) is 1. The van der Waals surface area contributed by atoms with Gasteiger partial charge in [0.15, 0.2) is 0 Å². The fourth-order valence-electron chi connectivity index (χ4n) is 1.64. The summed E-state index contributed by atoms with van der Waals surface area (Å²) in [6, 6.07) is 0. The normalized spacial score (nSPS) is 11.3. The zero-order valence-electron chi connectivity index (χ0n) is 12.2. The third kappa shape index (κ3) is 4.89. The molecule has 1 amide bonds. The summed E-state index contributed by atoms with van der Waals surface area (Å²) < 4.78 is 4.50. The van der Waals surface area contributed by atoms with Gasteiger partial charge in [0.2, 0.25) is 11.5 Å². The van der Waals surface area contributed by atoms with Gasteiger partial charge in [0.1, 0.15) is 0 Å². The SMILES string of the molecule is CC(C)CCN(CCC(C)C)C(=O)c1nonc1N. The molecule has 1 rings (SSSR count). The number of anilines is 1. The van der Waals surface area contributed by atoms with E-state index in [1.807, 2.05) is 0 Å². The summed E-state index contributed by atoms with van der Waals surface area (Å²) in [5.74, 6) is 0.952. The molecule has 0 aliphatic heterocycles. The maximum absolute atomic E-state index is 12.3. The summed E-state index contributed by atoms with van der Waals surface area (Å²) in [4.78, 5) is 14.1. The molecule has 1 heterocycles. The van der Waals surface area contributed by atoms with Gasteiger partial charge in [-0.15, -0.1) is 0 Å². The summed E-state index contributed by atoms with van der Waals surface area (Å²) in [5.41, 5.74) is 5.69. The summed E-state index contributed by atoms with van der Waals surface area (Å²) in [6.07, 6.45) is 1.91. The zero-order chi connectivity index (χ0) is 14.4. The van der Waals surface area contributed by atoms with E-state index < -0.39 is 0 Å². The molecule has 6 nitrogen and oxygen atoms in total. The summed E-state index contributed by atoms with van der Waals surface area (Å²) in [6.45, 7) is 9.95. The molecule has 1 aromatic rings. The van der Waals surface area contributed by atoms with Crippen molar-refractivity contribution in [2.75, 3.05) is 18.8 Å². The first kappa shape index (κ1) is 15.5. The highest BCUT2D eigenvalue weighted by atomic mass is 16.6. The van der Waals surface area contributed by atoms with Crippen LogP contribution in [0.3, 0.4) is 0 Å². The van der Waals surface area contributed by atoms with Crippen LogP contribution in [0.4, 0.5) is 5.82 Å². The summed E-state index contributed by atoms with van der Waals surface area (Å²) in [5, 5.41) is 7.04. The maximum Gasteiger partial charge on any atom is 0.280 e. The molecule has 0 saturated heterocycles. The van der Waals surface area contributed by atoms with Crippen molar-refractivity contribution < 1.29 is 9.42 Å². The van der Waals surface area contributed by atoms with Crippen molar-refractivity contribution in [1.82, 2.24) is 15.2 Å². The van der Waals surface area contributed by atoms with E-state index in [1.54, 1.807) is 4.90 Å². The molecule has 0 saturated carbocycles. The predicted molar refractivity (Wildman–Crippen MR) is 73.5 cm³/mol. The Hall–Kier alpha value is -1.59. The predicted octanol–water partition coefficient (Wildman–Crippen LogP) is 2.19. The summed E-state index contributed by atoms with van der Waals surface area (Å²) >= 11 is 0. The van der Waals surface area contributed by atoms with Gasteiger partial charge in [-0.1, -0.05) is 27.7 Å². The van der Waals surface area contributed by atoms with Gasteiger partial charge in [0.25, 0.3) is 5.91 Å². The molecule has 6 heteroatoms. The minimum atomic E-state index is -0.194. The van der Waals surface area contributed by atoms with Gasteiger partial charge >= 0.3 is 0 Å². The molecular formula is C13H24N4O2. The van der Waals surface area contributed by atoms with Gasteiger partial charge < -0.3 is 10.6 Å². The van der Waals surface area contributed by atoms with E-state index in [9.17, 15) is 4.79 Å². The van der Waals surface area contributed by atoms with Crippen LogP contribution in [-0.4, -0.2) is 34.2 Å². The van der Waals surface area contributed by atoms with Crippen LogP contribution in [0.1, 0.15) is 51.0 Å². The Morgan fingerprint density at radius 1 is 1.16 bits per heavy atom. The van der Waals surface area contributed by atoms with Crippen molar-refractivity contribution in [1.29, 1.82) is 0 Å². The fraction of sp³-hybridized carbons (Fsp3) is 0.769. The fourth-order valence-corrected chi connectivity index (χ4v) is 1.64. The third-order valence-electron chi connectivity index (χ3n) is 2.96. The maximum atomic E-state index is 12.3. The van der Waals surface area contributed by atoms with E-state index in [1.165, 1.54) is 0 Å². The van der Waals surface area contributed by atoms with Crippen LogP contribution in [0.15, 0.2) is 4.63 Å². The van der Waals surface area contributed by atoms with Crippen molar-refractivity contribution in [2.45, 2.75) is 40.5 Å². The van der Waals surface area contributed by atoms with E-state index in [0.29, 0.717) is 24.9 Å². The molecule has 0 spiro atoms. The van der Waals surface area contributed by atoms with Crippen molar-refractivity contribution in [3.8, 4) is 0 Å². The Morgan fingerprint density at radius 2 is 1.68 bits per heavy atom. The van der Waals surface area contributed by atoms with Crippen molar-refractivity contribution in [2.24, 2.45) is 11.8 Å². The average molecular weight is 268 g/mol. The van der Waals surface area contributed by atoms with Crippen LogP contribution in [0.2, 0.25) is 0 Å². The second-order valence-corrected chi connectivity index (χ2v) is 5.66. The Bertz CT molecular complexity index is 389. The Balaban J connectivity index is 2.71. The van der Waals surface area contributed by atoms with E-state index in [2.05, 4.69) is 42.6 Å². The monoisotopic (exact) mass is 268 g/mol. The second-order valence-electron chi connectivity index (χ2n) is 5.66. The largest absolute Gasteiger partial charge is 0.379 e. The Labute approximate surface area is 114 Å². The van der Waals surface area contributed by atoms with E-state index in [-0.39, 0.29) is 17.4 Å². The number of carbonyl (C=O) groups excluding carboxylic acids is 1. The first-order chi connectivity index (χ1) is 8.91. The van der Waals surface area contributed by atoms with Crippen LogP contribution in [0.25, 0.3) is 0 Å². The minimum Gasteiger partial charge on any atom is -0.379 e. The van der Waals surface area contributed by atoms with Crippen LogP contribution in [0.5, 0.6) is 0 Å². The Kier molecular flexibility index (Phi) is 5.79. The number of hydrogen-bond donors (Lipinski definition) is 1. The van der Waals surface area contributed by atoms with Gasteiger partial charge in [-0.05, 0) is 35.0 Å². The first-order valence-electron chi connectivity index (χ1n) is 6.79. The smallest absolute Gasteiger partial charge is 0.280 e. The molecule has 0 unspecified atom stereocenters. The molecule has 0 aromatic carbocycles. The number of amides is 1. The molecule has 2 N–H and O–H groups in total. The molecule has 0 bridgehead atoms. The third-order valence-corrected chi connectivity index (χ3v) is 2.96. The number of nitrogen functional groups attached to an aromatic ring is 1. The molecule has 0 radical (unpaired) electrons. The number of carbonyl (C=O) groups is 1. The lowest BCUT2D eigenvalue weighted by molar-refractivity contribution is 0.0730. The quantitative estimate of drug-likeness (QED) is 0.819. The second kappa shape index (κ2) is 7.11. The Morgan fingerprint density at radius 3 is 2.05 bits per heavy atom. The lowest BCUT2D eigenvalue weighted by atomic mass is 10.1. The minimum absolute atomic E-state index is 0.0593. The van der Waals surface area contributed by atoms with Gasteiger partial charge in [0.05, 0.1) is 0 Å². The van der Waals surface area contributed by atoms with Crippen molar-refractivity contribution >= 4 is 11.7 Å². The molecule has 0 aliphatic carbocycles. The molecule has 108 valence electrons. The molecule has 0 aliphatic rings. The lowest BCUT2D eigenvalue weighted by Crippen LogP contribution is -2.34. The standard InChI is InChI=1S/C13H24N4O2/c1-9(2)5-7-17(8-6-10(3)4)13(18)11-12(14)16-19-15-11/h9-10H,5-8H2,1-4H3,(H2,14,16). The lowest BCUT2D eigenvalue weighted by Gasteiger charge is -2.23. The first-order valence-corrected chi connectivity index (χ1v) is 6.79. The molecule has 1 aromatic heterocycles. The summed E-state index contributed by atoms with van der Waals surface area (Å²) in [7, 11) is 0. The van der Waals surface area contributed by atoms with Gasteiger partial charge in [-0.2, -0.15) is 0 Å². The highest BCUT2D eigenvalue weighted by Gasteiger charge is 2.22. The van der Waals surface area contributed by atoms with E-state index >= 15 is 0 Å². The molecule has 0 atom stereocenters. The van der Waals surface area contributed by atoms with Gasteiger partial charge in [-0.3, -0.25) is 4.79 Å². The molecule has 19 heavy (non-hydrogen) atoms. The molecular weight excluding hydrogens is 244 g/mol.